The van der Waals surface area contributed by atoms with Gasteiger partial charge in [0, 0.05) is 17.5 Å². The first kappa shape index (κ1) is 19.7. The highest BCUT2D eigenvalue weighted by Gasteiger charge is 2.28. The van der Waals surface area contributed by atoms with Crippen molar-refractivity contribution in [3.63, 3.8) is 0 Å². The van der Waals surface area contributed by atoms with Crippen molar-refractivity contribution in [2.45, 2.75) is 52.1 Å². The monoisotopic (exact) mass is 397 g/mol. The van der Waals surface area contributed by atoms with Gasteiger partial charge in [0.15, 0.2) is 15.8 Å². The van der Waals surface area contributed by atoms with Crippen molar-refractivity contribution in [2.24, 2.45) is 22.7 Å². The third-order valence-corrected chi connectivity index (χ3v) is 8.50. The van der Waals surface area contributed by atoms with E-state index in [9.17, 15) is 8.42 Å². The van der Waals surface area contributed by atoms with Gasteiger partial charge in [-0.05, 0) is 54.9 Å². The maximum Gasteiger partial charge on any atom is 0.191 e. The van der Waals surface area contributed by atoms with Crippen molar-refractivity contribution >= 4 is 27.1 Å². The van der Waals surface area contributed by atoms with E-state index in [4.69, 9.17) is 4.99 Å². The molecular formula is C19H31N3O2S2. The molecule has 5 nitrogen and oxygen atoms in total. The summed E-state index contributed by atoms with van der Waals surface area (Å²) in [5, 5.41) is 9.09. The minimum absolute atomic E-state index is 0.194. The van der Waals surface area contributed by atoms with Crippen LogP contribution in [0.1, 0.15) is 44.4 Å². The zero-order chi connectivity index (χ0) is 18.6. The molecule has 1 saturated carbocycles. The van der Waals surface area contributed by atoms with Crippen molar-refractivity contribution in [3.05, 3.63) is 22.4 Å². The molecule has 1 aromatic rings. The lowest BCUT2D eigenvalue weighted by Crippen LogP contribution is -2.47. The quantitative estimate of drug-likeness (QED) is 0.592. The first-order valence-corrected chi connectivity index (χ1v) is 12.4. The topological polar surface area (TPSA) is 70.6 Å². The summed E-state index contributed by atoms with van der Waals surface area (Å²) in [4.78, 5) is 5.99. The molecule has 0 bridgehead atoms. The molecule has 4 atom stereocenters. The third-order valence-electron chi connectivity index (χ3n) is 5.80. The van der Waals surface area contributed by atoms with Crippen LogP contribution in [0, 0.1) is 17.8 Å². The lowest BCUT2D eigenvalue weighted by Gasteiger charge is -2.33. The number of nitrogens with zero attached hydrogens (tertiary/aromatic N) is 1. The molecule has 2 heterocycles. The minimum Gasteiger partial charge on any atom is -0.356 e. The van der Waals surface area contributed by atoms with Crippen LogP contribution in [-0.4, -0.2) is 38.5 Å². The highest BCUT2D eigenvalue weighted by atomic mass is 32.2. The first-order chi connectivity index (χ1) is 12.4. The van der Waals surface area contributed by atoms with Crippen molar-refractivity contribution in [1.29, 1.82) is 0 Å². The lowest BCUT2D eigenvalue weighted by atomic mass is 9.79. The number of hydrogen-bond donors (Lipinski definition) is 2. The largest absolute Gasteiger partial charge is 0.356 e. The molecule has 0 amide bonds. The zero-order valence-electron chi connectivity index (χ0n) is 15.8. The molecule has 146 valence electrons. The van der Waals surface area contributed by atoms with Gasteiger partial charge < -0.3 is 10.6 Å². The molecule has 1 aromatic heterocycles. The Morgan fingerprint density at radius 2 is 2.12 bits per heavy atom. The van der Waals surface area contributed by atoms with E-state index in [1.807, 2.05) is 6.07 Å². The van der Waals surface area contributed by atoms with E-state index in [-0.39, 0.29) is 5.92 Å². The van der Waals surface area contributed by atoms with Crippen LogP contribution in [0.3, 0.4) is 0 Å². The fourth-order valence-corrected chi connectivity index (χ4v) is 6.35. The van der Waals surface area contributed by atoms with Gasteiger partial charge >= 0.3 is 0 Å². The molecule has 2 N–H and O–H groups in total. The Morgan fingerprint density at radius 3 is 2.77 bits per heavy atom. The minimum atomic E-state index is -2.83. The van der Waals surface area contributed by atoms with Crippen LogP contribution in [0.4, 0.5) is 0 Å². The SMILES string of the molecule is CC1CCC(NC(=NCc2cccs2)NCC2CCS(=O)(=O)C2)CC1C. The van der Waals surface area contributed by atoms with Gasteiger partial charge in [-0.2, -0.15) is 0 Å². The molecule has 1 aliphatic heterocycles. The lowest BCUT2D eigenvalue weighted by molar-refractivity contribution is 0.239. The van der Waals surface area contributed by atoms with Crippen molar-refractivity contribution in [3.8, 4) is 0 Å². The molecule has 2 fully saturated rings. The highest BCUT2D eigenvalue weighted by Crippen LogP contribution is 2.29. The van der Waals surface area contributed by atoms with E-state index in [0.29, 0.717) is 30.6 Å². The fourth-order valence-electron chi connectivity index (χ4n) is 3.86. The number of rotatable bonds is 5. The average Bonchev–Trinajstić information content (AvgIpc) is 3.22. The molecule has 4 unspecified atom stereocenters. The van der Waals surface area contributed by atoms with Gasteiger partial charge in [-0.25, -0.2) is 13.4 Å². The van der Waals surface area contributed by atoms with Crippen LogP contribution in [0.15, 0.2) is 22.5 Å². The summed E-state index contributed by atoms with van der Waals surface area (Å²) in [5.74, 6) is 3.16. The Kier molecular flexibility index (Phi) is 6.61. The summed E-state index contributed by atoms with van der Waals surface area (Å²) in [5.41, 5.74) is 0. The first-order valence-electron chi connectivity index (χ1n) is 9.69. The smallest absolute Gasteiger partial charge is 0.191 e. The number of sulfone groups is 1. The third kappa shape index (κ3) is 5.71. The molecule has 1 aliphatic carbocycles. The number of guanidine groups is 1. The Balaban J connectivity index is 1.59. The number of aliphatic imine (C=N–C) groups is 1. The van der Waals surface area contributed by atoms with Gasteiger partial charge in [0.1, 0.15) is 0 Å². The summed E-state index contributed by atoms with van der Waals surface area (Å²) in [6.07, 6.45) is 4.34. The van der Waals surface area contributed by atoms with Gasteiger partial charge in [0.05, 0.1) is 18.1 Å². The number of hydrogen-bond acceptors (Lipinski definition) is 4. The molecular weight excluding hydrogens is 366 g/mol. The summed E-state index contributed by atoms with van der Waals surface area (Å²) in [6.45, 7) is 6.01. The van der Waals surface area contributed by atoms with Gasteiger partial charge in [-0.3, -0.25) is 0 Å². The van der Waals surface area contributed by atoms with Crippen molar-refractivity contribution in [2.75, 3.05) is 18.1 Å². The zero-order valence-corrected chi connectivity index (χ0v) is 17.4. The molecule has 26 heavy (non-hydrogen) atoms. The van der Waals surface area contributed by atoms with Crippen molar-refractivity contribution in [1.82, 2.24) is 10.6 Å². The maximum absolute atomic E-state index is 11.7. The van der Waals surface area contributed by atoms with Crippen LogP contribution in [0.2, 0.25) is 0 Å². The second-order valence-corrected chi connectivity index (χ2v) is 11.3. The Labute approximate surface area is 161 Å². The number of nitrogens with one attached hydrogen (secondary N) is 2. The molecule has 3 rings (SSSR count). The van der Waals surface area contributed by atoms with Crippen LogP contribution in [-0.2, 0) is 16.4 Å². The predicted octanol–water partition coefficient (Wildman–Crippen LogP) is 3.04. The van der Waals surface area contributed by atoms with E-state index in [0.717, 1.165) is 24.2 Å². The Morgan fingerprint density at radius 1 is 1.27 bits per heavy atom. The maximum atomic E-state index is 11.7. The second-order valence-electron chi connectivity index (χ2n) is 8.00. The molecule has 7 heteroatoms. The summed E-state index contributed by atoms with van der Waals surface area (Å²) < 4.78 is 23.4. The van der Waals surface area contributed by atoms with E-state index in [1.54, 1.807) is 11.3 Å². The molecule has 0 radical (unpaired) electrons. The summed E-state index contributed by atoms with van der Waals surface area (Å²) in [7, 11) is -2.83. The Hall–Kier alpha value is -1.08. The van der Waals surface area contributed by atoms with Crippen LogP contribution >= 0.6 is 11.3 Å². The van der Waals surface area contributed by atoms with E-state index < -0.39 is 9.84 Å². The fraction of sp³-hybridized carbons (Fsp3) is 0.737. The van der Waals surface area contributed by atoms with Gasteiger partial charge in [-0.15, -0.1) is 11.3 Å². The molecule has 2 aliphatic rings. The normalized spacial score (nSPS) is 31.7. The predicted molar refractivity (Wildman–Crippen MR) is 109 cm³/mol. The standard InChI is InChI=1S/C19H31N3O2S2/c1-14-5-6-17(10-15(14)2)22-19(21-12-18-4-3-8-25-18)20-11-16-7-9-26(23,24)13-16/h3-4,8,14-17H,5-7,9-13H2,1-2H3,(H2,20,21,22). The number of thiophene rings is 1. The van der Waals surface area contributed by atoms with Crippen LogP contribution in [0.5, 0.6) is 0 Å². The summed E-state index contributed by atoms with van der Waals surface area (Å²) >= 11 is 1.71. The molecule has 1 saturated heterocycles. The van der Waals surface area contributed by atoms with Crippen LogP contribution in [0.25, 0.3) is 0 Å². The highest BCUT2D eigenvalue weighted by molar-refractivity contribution is 7.91. The van der Waals surface area contributed by atoms with E-state index in [2.05, 4.69) is 35.9 Å². The van der Waals surface area contributed by atoms with E-state index in [1.165, 1.54) is 24.1 Å². The molecule has 0 aromatic carbocycles. The second kappa shape index (κ2) is 8.74. The Bertz CT molecular complexity index is 700. The van der Waals surface area contributed by atoms with Crippen LogP contribution < -0.4 is 10.6 Å². The van der Waals surface area contributed by atoms with Gasteiger partial charge in [-0.1, -0.05) is 19.9 Å². The van der Waals surface area contributed by atoms with Crippen molar-refractivity contribution < 1.29 is 8.42 Å². The average molecular weight is 398 g/mol. The van der Waals surface area contributed by atoms with Gasteiger partial charge in [0.25, 0.3) is 0 Å². The molecule has 0 spiro atoms. The van der Waals surface area contributed by atoms with E-state index >= 15 is 0 Å². The van der Waals surface area contributed by atoms with Gasteiger partial charge in [0.2, 0.25) is 0 Å². The summed E-state index contributed by atoms with van der Waals surface area (Å²) in [6, 6.07) is 4.59.